The van der Waals surface area contributed by atoms with E-state index in [1.165, 1.54) is 6.07 Å². The van der Waals surface area contributed by atoms with E-state index in [2.05, 4.69) is 10.1 Å². The van der Waals surface area contributed by atoms with Crippen LogP contribution in [-0.4, -0.2) is 40.6 Å². The zero-order valence-corrected chi connectivity index (χ0v) is 16.9. The maximum atomic E-state index is 13.9. The highest BCUT2D eigenvalue weighted by Gasteiger charge is 2.26. The van der Waals surface area contributed by atoms with Crippen molar-refractivity contribution in [3.63, 3.8) is 0 Å². The maximum absolute atomic E-state index is 13.9. The van der Waals surface area contributed by atoms with Gasteiger partial charge in [0.05, 0.1) is 5.56 Å². The number of aryl methyl sites for hydroxylation is 1. The van der Waals surface area contributed by atoms with E-state index in [1.807, 2.05) is 36.1 Å². The van der Waals surface area contributed by atoms with Crippen molar-refractivity contribution in [1.82, 2.24) is 15.0 Å². The number of benzene rings is 2. The minimum atomic E-state index is -0.382. The van der Waals surface area contributed by atoms with Gasteiger partial charge < -0.3 is 14.2 Å². The number of rotatable bonds is 6. The van der Waals surface area contributed by atoms with Crippen molar-refractivity contribution in [2.45, 2.75) is 26.2 Å². The normalized spacial score (nSPS) is 16.5. The van der Waals surface area contributed by atoms with Crippen molar-refractivity contribution < 1.29 is 18.4 Å². The highest BCUT2D eigenvalue weighted by Crippen LogP contribution is 2.23. The number of carbonyl (C=O) groups is 1. The fourth-order valence-corrected chi connectivity index (χ4v) is 3.67. The third kappa shape index (κ3) is 4.84. The van der Waals surface area contributed by atoms with Gasteiger partial charge in [0.1, 0.15) is 11.6 Å². The van der Waals surface area contributed by atoms with Gasteiger partial charge in [-0.05, 0) is 49.9 Å². The van der Waals surface area contributed by atoms with Gasteiger partial charge in [-0.2, -0.15) is 4.98 Å². The van der Waals surface area contributed by atoms with Crippen LogP contribution in [-0.2, 0) is 11.2 Å². The molecule has 2 heterocycles. The summed E-state index contributed by atoms with van der Waals surface area (Å²) < 4.78 is 24.9. The number of hydrogen-bond acceptors (Lipinski definition) is 5. The molecule has 1 atom stereocenters. The van der Waals surface area contributed by atoms with Gasteiger partial charge in [0.2, 0.25) is 11.7 Å². The summed E-state index contributed by atoms with van der Waals surface area (Å²) >= 11 is 0. The molecule has 1 amide bonds. The maximum Gasteiger partial charge on any atom is 0.260 e. The van der Waals surface area contributed by atoms with Crippen molar-refractivity contribution in [2.75, 3.05) is 19.7 Å². The smallest absolute Gasteiger partial charge is 0.260 e. The van der Waals surface area contributed by atoms with Crippen LogP contribution in [0.25, 0.3) is 11.4 Å². The lowest BCUT2D eigenvalue weighted by atomic mass is 9.94. The Labute approximate surface area is 174 Å². The summed E-state index contributed by atoms with van der Waals surface area (Å²) in [6.07, 6.45) is 2.44. The minimum absolute atomic E-state index is 0.0216. The van der Waals surface area contributed by atoms with Gasteiger partial charge in [-0.3, -0.25) is 4.79 Å². The monoisotopic (exact) mass is 409 g/mol. The zero-order valence-electron chi connectivity index (χ0n) is 16.9. The van der Waals surface area contributed by atoms with Crippen molar-refractivity contribution in [3.05, 3.63) is 65.8 Å². The lowest BCUT2D eigenvalue weighted by Crippen LogP contribution is -2.42. The second-order valence-electron chi connectivity index (χ2n) is 7.65. The van der Waals surface area contributed by atoms with Crippen LogP contribution in [0.2, 0.25) is 0 Å². The summed E-state index contributed by atoms with van der Waals surface area (Å²) in [7, 11) is 0. The summed E-state index contributed by atoms with van der Waals surface area (Å²) in [6, 6.07) is 14.0. The molecule has 1 aromatic heterocycles. The van der Waals surface area contributed by atoms with Gasteiger partial charge in [-0.15, -0.1) is 0 Å². The molecule has 1 unspecified atom stereocenters. The summed E-state index contributed by atoms with van der Waals surface area (Å²) in [5.74, 6) is 1.21. The topological polar surface area (TPSA) is 68.5 Å². The van der Waals surface area contributed by atoms with Crippen molar-refractivity contribution in [3.8, 4) is 17.1 Å². The number of carbonyl (C=O) groups excluding carboxylic acids is 1. The largest absolute Gasteiger partial charge is 0.484 e. The predicted octanol–water partition coefficient (Wildman–Crippen LogP) is 4.04. The Balaban J connectivity index is 1.32. The van der Waals surface area contributed by atoms with E-state index < -0.39 is 0 Å². The lowest BCUT2D eigenvalue weighted by molar-refractivity contribution is -0.135. The average molecular weight is 409 g/mol. The Hall–Kier alpha value is -3.22. The molecule has 0 N–H and O–H groups in total. The molecule has 0 saturated carbocycles. The molecular weight excluding hydrogens is 385 g/mol. The van der Waals surface area contributed by atoms with Crippen LogP contribution in [0.5, 0.6) is 5.75 Å². The van der Waals surface area contributed by atoms with Crippen LogP contribution in [0.3, 0.4) is 0 Å². The van der Waals surface area contributed by atoms with Crippen molar-refractivity contribution in [2.24, 2.45) is 5.92 Å². The Morgan fingerprint density at radius 3 is 2.83 bits per heavy atom. The number of ether oxygens (including phenoxy) is 1. The molecular formula is C23H24FN3O3. The molecule has 30 heavy (non-hydrogen) atoms. The van der Waals surface area contributed by atoms with E-state index in [4.69, 9.17) is 9.26 Å². The molecule has 1 aliphatic heterocycles. The molecule has 1 aliphatic rings. The number of aromatic nitrogens is 2. The van der Waals surface area contributed by atoms with Crippen LogP contribution < -0.4 is 4.74 Å². The predicted molar refractivity (Wildman–Crippen MR) is 109 cm³/mol. The van der Waals surface area contributed by atoms with E-state index >= 15 is 0 Å². The number of hydrogen-bond donors (Lipinski definition) is 0. The lowest BCUT2D eigenvalue weighted by Gasteiger charge is -2.32. The van der Waals surface area contributed by atoms with Gasteiger partial charge in [-0.1, -0.05) is 35.0 Å². The van der Waals surface area contributed by atoms with Gasteiger partial charge in [0.25, 0.3) is 5.91 Å². The third-order valence-electron chi connectivity index (χ3n) is 5.30. The number of likely N-dealkylation sites (tertiary alicyclic amines) is 1. The molecule has 0 spiro atoms. The number of nitrogens with zero attached hydrogens (tertiary/aromatic N) is 3. The van der Waals surface area contributed by atoms with Crippen molar-refractivity contribution >= 4 is 5.91 Å². The summed E-state index contributed by atoms with van der Waals surface area (Å²) in [6.45, 7) is 3.36. The molecule has 156 valence electrons. The Kier molecular flexibility index (Phi) is 6.07. The van der Waals surface area contributed by atoms with Gasteiger partial charge in [0, 0.05) is 19.5 Å². The van der Waals surface area contributed by atoms with Crippen LogP contribution >= 0.6 is 0 Å². The highest BCUT2D eigenvalue weighted by atomic mass is 19.1. The summed E-state index contributed by atoms with van der Waals surface area (Å²) in [5.41, 5.74) is 1.47. The van der Waals surface area contributed by atoms with E-state index in [0.29, 0.717) is 30.2 Å². The molecule has 4 rings (SSSR count). The molecule has 1 fully saturated rings. The zero-order chi connectivity index (χ0) is 20.9. The first-order valence-corrected chi connectivity index (χ1v) is 10.1. The molecule has 0 radical (unpaired) electrons. The third-order valence-corrected chi connectivity index (χ3v) is 5.30. The van der Waals surface area contributed by atoms with Crippen LogP contribution in [0, 0.1) is 18.7 Å². The second-order valence-corrected chi connectivity index (χ2v) is 7.65. The first-order valence-electron chi connectivity index (χ1n) is 10.1. The van der Waals surface area contributed by atoms with Crippen LogP contribution in [0.4, 0.5) is 4.39 Å². The van der Waals surface area contributed by atoms with Gasteiger partial charge >= 0.3 is 0 Å². The number of piperidine rings is 1. The standard InChI is InChI=1S/C23H24FN3O3/c1-16-8-10-18(11-9-16)29-15-22(28)27-12-4-5-17(14-27)13-21-25-23(26-30-21)19-6-2-3-7-20(19)24/h2-3,6-11,17H,4-5,12-15H2,1H3. The molecule has 3 aromatic rings. The summed E-state index contributed by atoms with van der Waals surface area (Å²) in [5, 5.41) is 3.91. The van der Waals surface area contributed by atoms with E-state index in [1.54, 1.807) is 18.2 Å². The summed E-state index contributed by atoms with van der Waals surface area (Å²) in [4.78, 5) is 18.7. The second kappa shape index (κ2) is 9.07. The Morgan fingerprint density at radius 1 is 1.23 bits per heavy atom. The van der Waals surface area contributed by atoms with E-state index in [-0.39, 0.29) is 30.1 Å². The molecule has 0 bridgehead atoms. The minimum Gasteiger partial charge on any atom is -0.484 e. The van der Waals surface area contributed by atoms with E-state index in [9.17, 15) is 9.18 Å². The SMILES string of the molecule is Cc1ccc(OCC(=O)N2CCCC(Cc3nc(-c4ccccc4F)no3)C2)cc1. The van der Waals surface area contributed by atoms with Gasteiger partial charge in [-0.25, -0.2) is 4.39 Å². The molecule has 0 aliphatic carbocycles. The fourth-order valence-electron chi connectivity index (χ4n) is 3.67. The molecule has 1 saturated heterocycles. The fraction of sp³-hybridized carbons (Fsp3) is 0.348. The van der Waals surface area contributed by atoms with Gasteiger partial charge in [0.15, 0.2) is 6.61 Å². The Morgan fingerprint density at radius 2 is 2.03 bits per heavy atom. The van der Waals surface area contributed by atoms with Crippen LogP contribution in [0.15, 0.2) is 53.1 Å². The number of halogens is 1. The van der Waals surface area contributed by atoms with E-state index in [0.717, 1.165) is 24.9 Å². The first kappa shape index (κ1) is 20.1. The number of amides is 1. The molecule has 2 aromatic carbocycles. The first-order chi connectivity index (χ1) is 14.6. The quantitative estimate of drug-likeness (QED) is 0.615. The molecule has 6 nitrogen and oxygen atoms in total. The van der Waals surface area contributed by atoms with Crippen molar-refractivity contribution in [1.29, 1.82) is 0 Å². The average Bonchev–Trinajstić information content (AvgIpc) is 3.22. The Bertz CT molecular complexity index is 1000. The molecule has 7 heteroatoms. The van der Waals surface area contributed by atoms with Crippen LogP contribution in [0.1, 0.15) is 24.3 Å². The highest BCUT2D eigenvalue weighted by molar-refractivity contribution is 5.77.